The zero-order valence-corrected chi connectivity index (χ0v) is 15.0. The summed E-state index contributed by atoms with van der Waals surface area (Å²) in [5.41, 5.74) is 0. The van der Waals surface area contributed by atoms with Gasteiger partial charge in [-0.25, -0.2) is 17.6 Å². The van der Waals surface area contributed by atoms with Crippen molar-refractivity contribution >= 4 is 31.9 Å². The van der Waals surface area contributed by atoms with Gasteiger partial charge in [0.15, 0.2) is 34.8 Å². The summed E-state index contributed by atoms with van der Waals surface area (Å²) < 4.78 is 64.3. The van der Waals surface area contributed by atoms with Crippen LogP contribution in [0.1, 0.15) is 0 Å². The van der Waals surface area contributed by atoms with Gasteiger partial charge in [-0.3, -0.25) is 0 Å². The maximum Gasteiger partial charge on any atom is 0.190 e. The van der Waals surface area contributed by atoms with Crippen LogP contribution in [-0.4, -0.2) is 24.4 Å². The van der Waals surface area contributed by atoms with Crippen LogP contribution in [0, 0.1) is 23.3 Å². The molecule has 1 N–H and O–H groups in total. The topological polar surface area (TPSA) is 38.7 Å². The smallest absolute Gasteiger partial charge is 0.190 e. The van der Waals surface area contributed by atoms with Gasteiger partial charge in [0, 0.05) is 8.95 Å². The van der Waals surface area contributed by atoms with Crippen LogP contribution in [0.2, 0.25) is 0 Å². The molecule has 0 radical (unpaired) electrons. The van der Waals surface area contributed by atoms with Gasteiger partial charge in [-0.15, -0.1) is 0 Å². The molecule has 130 valence electrons. The first-order valence-electron chi connectivity index (χ1n) is 6.50. The Balaban J connectivity index is 1.94. The molecule has 0 aliphatic heterocycles. The molecule has 2 aromatic rings. The van der Waals surface area contributed by atoms with Gasteiger partial charge in [0.1, 0.15) is 19.3 Å². The van der Waals surface area contributed by atoms with Crippen molar-refractivity contribution in [2.45, 2.75) is 6.10 Å². The van der Waals surface area contributed by atoms with E-state index in [-0.39, 0.29) is 8.95 Å². The lowest BCUT2D eigenvalue weighted by Gasteiger charge is -2.15. The Morgan fingerprint density at radius 2 is 1.04 bits per heavy atom. The minimum Gasteiger partial charge on any atom is -0.485 e. The summed E-state index contributed by atoms with van der Waals surface area (Å²) in [6, 6.07) is 3.98. The van der Waals surface area contributed by atoms with Crippen LogP contribution < -0.4 is 9.47 Å². The average molecular weight is 474 g/mol. The highest BCUT2D eigenvalue weighted by Gasteiger charge is 2.17. The minimum absolute atomic E-state index is 0.190. The van der Waals surface area contributed by atoms with Gasteiger partial charge in [0.25, 0.3) is 0 Å². The monoisotopic (exact) mass is 472 g/mol. The second-order valence-electron chi connectivity index (χ2n) is 4.67. The van der Waals surface area contributed by atoms with Crippen molar-refractivity contribution in [1.29, 1.82) is 0 Å². The predicted molar refractivity (Wildman–Crippen MR) is 85.1 cm³/mol. The van der Waals surface area contributed by atoms with Crippen LogP contribution in [0.15, 0.2) is 33.2 Å². The minimum atomic E-state index is -1.37. The summed E-state index contributed by atoms with van der Waals surface area (Å²) in [5.74, 6) is -5.17. The van der Waals surface area contributed by atoms with E-state index in [2.05, 4.69) is 31.9 Å². The molecule has 0 heterocycles. The number of halogens is 6. The third-order valence-corrected chi connectivity index (χ3v) is 3.68. The van der Waals surface area contributed by atoms with E-state index < -0.39 is 54.1 Å². The van der Waals surface area contributed by atoms with E-state index in [1.807, 2.05) is 0 Å². The first-order chi connectivity index (χ1) is 11.3. The van der Waals surface area contributed by atoms with Gasteiger partial charge in [0.05, 0.1) is 0 Å². The molecule has 0 fully saturated rings. The lowest BCUT2D eigenvalue weighted by atomic mass is 10.3. The number of ether oxygens (including phenoxy) is 2. The zero-order valence-electron chi connectivity index (χ0n) is 11.8. The van der Waals surface area contributed by atoms with Crippen LogP contribution in [0.3, 0.4) is 0 Å². The number of benzene rings is 2. The van der Waals surface area contributed by atoms with Crippen molar-refractivity contribution in [1.82, 2.24) is 0 Å². The second kappa shape index (κ2) is 8.17. The highest BCUT2D eigenvalue weighted by Crippen LogP contribution is 2.27. The molecule has 0 bridgehead atoms. The molecule has 0 aromatic heterocycles. The van der Waals surface area contributed by atoms with Gasteiger partial charge in [-0.05, 0) is 24.3 Å². The first-order valence-corrected chi connectivity index (χ1v) is 8.09. The van der Waals surface area contributed by atoms with E-state index in [1.54, 1.807) is 0 Å². The predicted octanol–water partition coefficient (Wildman–Crippen LogP) is 4.59. The number of rotatable bonds is 6. The molecule has 24 heavy (non-hydrogen) atoms. The van der Waals surface area contributed by atoms with Crippen LogP contribution in [0.25, 0.3) is 0 Å². The second-order valence-corrected chi connectivity index (χ2v) is 6.50. The average Bonchev–Trinajstić information content (AvgIpc) is 2.44. The van der Waals surface area contributed by atoms with Gasteiger partial charge >= 0.3 is 0 Å². The molecule has 0 aliphatic carbocycles. The van der Waals surface area contributed by atoms with Crippen LogP contribution >= 0.6 is 31.9 Å². The Hall–Kier alpha value is -1.32. The molecule has 0 saturated carbocycles. The van der Waals surface area contributed by atoms with Crippen LogP contribution in [0.5, 0.6) is 11.5 Å². The van der Waals surface area contributed by atoms with E-state index in [0.29, 0.717) is 0 Å². The van der Waals surface area contributed by atoms with Crippen molar-refractivity contribution in [2.24, 2.45) is 0 Å². The lowest BCUT2D eigenvalue weighted by Crippen LogP contribution is -2.26. The molecule has 0 aliphatic rings. The summed E-state index contributed by atoms with van der Waals surface area (Å²) in [7, 11) is 0. The van der Waals surface area contributed by atoms with Gasteiger partial charge in [-0.2, -0.15) is 0 Å². The van der Waals surface area contributed by atoms with Crippen molar-refractivity contribution < 1.29 is 32.1 Å². The van der Waals surface area contributed by atoms with E-state index in [0.717, 1.165) is 24.3 Å². The van der Waals surface area contributed by atoms with E-state index >= 15 is 0 Å². The molecule has 0 spiro atoms. The fourth-order valence-corrected chi connectivity index (χ4v) is 2.54. The third kappa shape index (κ3) is 4.84. The van der Waals surface area contributed by atoms with E-state index in [1.165, 1.54) is 0 Å². The Morgan fingerprint density at radius 3 is 1.33 bits per heavy atom. The molecule has 3 nitrogen and oxygen atoms in total. The number of aliphatic hydroxyl groups is 1. The summed E-state index contributed by atoms with van der Waals surface area (Å²) in [6.45, 7) is -1.07. The Morgan fingerprint density at radius 1 is 0.750 bits per heavy atom. The quantitative estimate of drug-likeness (QED) is 0.624. The van der Waals surface area contributed by atoms with Crippen molar-refractivity contribution in [3.05, 3.63) is 56.5 Å². The highest BCUT2D eigenvalue weighted by molar-refractivity contribution is 9.10. The summed E-state index contributed by atoms with van der Waals surface area (Å²) >= 11 is 5.83. The summed E-state index contributed by atoms with van der Waals surface area (Å²) in [6.07, 6.45) is -1.37. The molecule has 0 unspecified atom stereocenters. The highest BCUT2D eigenvalue weighted by atomic mass is 79.9. The maximum absolute atomic E-state index is 13.5. The molecule has 0 atom stereocenters. The van der Waals surface area contributed by atoms with Gasteiger partial charge in [0.2, 0.25) is 0 Å². The van der Waals surface area contributed by atoms with Crippen molar-refractivity contribution in [3.63, 3.8) is 0 Å². The van der Waals surface area contributed by atoms with Crippen molar-refractivity contribution in [2.75, 3.05) is 13.2 Å². The molecule has 2 aromatic carbocycles. The lowest BCUT2D eigenvalue weighted by molar-refractivity contribution is 0.0569. The third-order valence-electron chi connectivity index (χ3n) is 2.77. The van der Waals surface area contributed by atoms with E-state index in [9.17, 15) is 22.7 Å². The molecule has 0 amide bonds. The van der Waals surface area contributed by atoms with Crippen molar-refractivity contribution in [3.8, 4) is 11.5 Å². The largest absolute Gasteiger partial charge is 0.485 e. The van der Waals surface area contributed by atoms with Crippen LogP contribution in [-0.2, 0) is 0 Å². The van der Waals surface area contributed by atoms with Gasteiger partial charge in [-0.1, -0.05) is 31.9 Å². The number of aliphatic hydroxyl groups excluding tert-OH is 1. The first kappa shape index (κ1) is 19.0. The van der Waals surface area contributed by atoms with E-state index in [4.69, 9.17) is 9.47 Å². The number of hydrogen-bond donors (Lipinski definition) is 1. The van der Waals surface area contributed by atoms with Crippen LogP contribution in [0.4, 0.5) is 17.6 Å². The SMILES string of the molecule is OC(COc1c(F)cc(Br)cc1F)COc1c(F)cc(Br)cc1F. The zero-order chi connectivity index (χ0) is 17.9. The standard InChI is InChI=1S/C15H10Br2F4O3/c16-7-1-10(18)14(11(19)2-7)23-5-9(22)6-24-15-12(20)3-8(17)4-13(15)21/h1-4,9,22H,5-6H2. The normalized spacial score (nSPS) is 11.0. The molecule has 9 heteroatoms. The molecule has 2 rings (SSSR count). The van der Waals surface area contributed by atoms with Gasteiger partial charge < -0.3 is 14.6 Å². The summed E-state index contributed by atoms with van der Waals surface area (Å²) in [4.78, 5) is 0. The fourth-order valence-electron chi connectivity index (χ4n) is 1.74. The fraction of sp³-hybridized carbons (Fsp3) is 0.200. The Bertz CT molecular complexity index is 635. The Labute approximate surface area is 151 Å². The molecular weight excluding hydrogens is 464 g/mol. The summed E-state index contributed by atoms with van der Waals surface area (Å²) in [5, 5.41) is 9.69. The Kier molecular flexibility index (Phi) is 6.47. The molecular formula is C15H10Br2F4O3. The maximum atomic E-state index is 13.5. The molecule has 0 saturated heterocycles. The number of hydrogen-bond acceptors (Lipinski definition) is 3.